The van der Waals surface area contributed by atoms with E-state index in [-0.39, 0.29) is 12.4 Å². The number of aliphatic carboxylic acids is 1. The van der Waals surface area contributed by atoms with Crippen molar-refractivity contribution in [1.29, 1.82) is 0 Å². The summed E-state index contributed by atoms with van der Waals surface area (Å²) in [6.07, 6.45) is 0.505. The normalized spacial score (nSPS) is 17.9. The molecule has 0 aromatic heterocycles. The molecule has 0 unspecified atom stereocenters. The Morgan fingerprint density at radius 1 is 1.57 bits per heavy atom. The van der Waals surface area contributed by atoms with Crippen LogP contribution in [0.25, 0.3) is 0 Å². The van der Waals surface area contributed by atoms with Crippen molar-refractivity contribution < 1.29 is 9.90 Å². The first-order valence-electron chi connectivity index (χ1n) is 3.94. The molecule has 1 aliphatic heterocycles. The third-order valence-electron chi connectivity index (χ3n) is 2.12. The minimum absolute atomic E-state index is 0. The number of anilines is 1. The van der Waals surface area contributed by atoms with Crippen LogP contribution in [0.2, 0.25) is 5.02 Å². The number of benzene rings is 1. The summed E-state index contributed by atoms with van der Waals surface area (Å²) in [6.45, 7) is 0. The van der Waals surface area contributed by atoms with Crippen LogP contribution in [0, 0.1) is 0 Å². The number of rotatable bonds is 1. The van der Waals surface area contributed by atoms with Gasteiger partial charge in [-0.2, -0.15) is 0 Å². The van der Waals surface area contributed by atoms with Crippen molar-refractivity contribution in [1.82, 2.24) is 0 Å². The van der Waals surface area contributed by atoms with E-state index in [1.54, 1.807) is 18.2 Å². The molecule has 0 bridgehead atoms. The fraction of sp³-hybridized carbons (Fsp3) is 0.222. The Hall–Kier alpha value is -0.930. The van der Waals surface area contributed by atoms with Crippen molar-refractivity contribution in [3.8, 4) is 0 Å². The number of carboxylic acid groups (broad SMARTS) is 1. The molecule has 1 atom stereocenters. The fourth-order valence-corrected chi connectivity index (χ4v) is 1.67. The summed E-state index contributed by atoms with van der Waals surface area (Å²) in [7, 11) is 0. The van der Waals surface area contributed by atoms with E-state index < -0.39 is 12.0 Å². The zero-order chi connectivity index (χ0) is 9.42. The summed E-state index contributed by atoms with van der Waals surface area (Å²) in [5, 5.41) is 12.3. The molecule has 2 N–H and O–H groups in total. The molecule has 2 rings (SSSR count). The highest BCUT2D eigenvalue weighted by Crippen LogP contribution is 2.28. The third kappa shape index (κ3) is 1.94. The Kier molecular flexibility index (Phi) is 3.24. The maximum absolute atomic E-state index is 10.7. The first-order chi connectivity index (χ1) is 6.16. The lowest BCUT2D eigenvalue weighted by molar-refractivity contribution is -0.137. The van der Waals surface area contributed by atoms with Crippen LogP contribution in [-0.2, 0) is 11.2 Å². The molecule has 0 fully saturated rings. The van der Waals surface area contributed by atoms with E-state index in [9.17, 15) is 4.79 Å². The largest absolute Gasteiger partial charge is 0.480 e. The van der Waals surface area contributed by atoms with E-state index in [1.165, 1.54) is 0 Å². The summed E-state index contributed by atoms with van der Waals surface area (Å²) < 4.78 is 0. The molecule has 5 heteroatoms. The van der Waals surface area contributed by atoms with Gasteiger partial charge in [-0.15, -0.1) is 12.4 Å². The van der Waals surface area contributed by atoms with Gasteiger partial charge in [-0.05, 0) is 23.8 Å². The predicted octanol–water partition coefficient (Wildman–Crippen LogP) is 2.18. The van der Waals surface area contributed by atoms with E-state index in [2.05, 4.69) is 5.32 Å². The Bertz CT molecular complexity index is 368. The van der Waals surface area contributed by atoms with Gasteiger partial charge in [0.1, 0.15) is 6.04 Å². The van der Waals surface area contributed by atoms with E-state index in [1.807, 2.05) is 0 Å². The monoisotopic (exact) mass is 233 g/mol. The molecule has 3 nitrogen and oxygen atoms in total. The quantitative estimate of drug-likeness (QED) is 0.782. The predicted molar refractivity (Wildman–Crippen MR) is 57.5 cm³/mol. The third-order valence-corrected chi connectivity index (χ3v) is 2.35. The number of nitrogens with one attached hydrogen (secondary N) is 1. The van der Waals surface area contributed by atoms with Crippen LogP contribution in [0.15, 0.2) is 18.2 Å². The van der Waals surface area contributed by atoms with Gasteiger partial charge in [0.25, 0.3) is 0 Å². The smallest absolute Gasteiger partial charge is 0.326 e. The average Bonchev–Trinajstić information content (AvgIpc) is 2.46. The second-order valence-corrected chi connectivity index (χ2v) is 3.48. The van der Waals surface area contributed by atoms with E-state index >= 15 is 0 Å². The molecule has 0 radical (unpaired) electrons. The maximum atomic E-state index is 10.7. The maximum Gasteiger partial charge on any atom is 0.326 e. The van der Waals surface area contributed by atoms with Crippen LogP contribution in [0.1, 0.15) is 5.56 Å². The van der Waals surface area contributed by atoms with Crippen LogP contribution in [0.3, 0.4) is 0 Å². The first-order valence-corrected chi connectivity index (χ1v) is 4.32. The molecular formula is C9H9Cl2NO2. The van der Waals surface area contributed by atoms with E-state index in [0.29, 0.717) is 11.4 Å². The highest BCUT2D eigenvalue weighted by atomic mass is 35.5. The molecular weight excluding hydrogens is 225 g/mol. The molecule has 1 heterocycles. The standard InChI is InChI=1S/C9H8ClNO2.ClH/c10-6-1-2-7-5(3-6)4-8(11-7)9(12)13;/h1-3,8,11H,4H2,(H,12,13);1H/t8-;/m0./s1. The summed E-state index contributed by atoms with van der Waals surface area (Å²) >= 11 is 5.78. The Labute approximate surface area is 92.5 Å². The molecule has 1 aliphatic rings. The van der Waals surface area contributed by atoms with Crippen molar-refractivity contribution in [3.05, 3.63) is 28.8 Å². The highest BCUT2D eigenvalue weighted by molar-refractivity contribution is 6.30. The van der Waals surface area contributed by atoms with Crippen LogP contribution >= 0.6 is 24.0 Å². The van der Waals surface area contributed by atoms with Crippen LogP contribution in [-0.4, -0.2) is 17.1 Å². The molecule has 0 amide bonds. The molecule has 0 saturated carbocycles. The molecule has 0 aliphatic carbocycles. The molecule has 76 valence electrons. The highest BCUT2D eigenvalue weighted by Gasteiger charge is 2.25. The van der Waals surface area contributed by atoms with Gasteiger partial charge in [-0.3, -0.25) is 0 Å². The number of carboxylic acids is 1. The van der Waals surface area contributed by atoms with Crippen LogP contribution in [0.5, 0.6) is 0 Å². The minimum atomic E-state index is -0.827. The van der Waals surface area contributed by atoms with Gasteiger partial charge in [0.2, 0.25) is 0 Å². The van der Waals surface area contributed by atoms with E-state index in [4.69, 9.17) is 16.7 Å². The second kappa shape index (κ2) is 4.07. The average molecular weight is 234 g/mol. The van der Waals surface area contributed by atoms with Crippen LogP contribution in [0.4, 0.5) is 5.69 Å². The topological polar surface area (TPSA) is 49.3 Å². The fourth-order valence-electron chi connectivity index (χ4n) is 1.48. The SMILES string of the molecule is Cl.O=C(O)[C@@H]1Cc2cc(Cl)ccc2N1. The number of fused-ring (bicyclic) bond motifs is 1. The van der Waals surface area contributed by atoms with Crippen molar-refractivity contribution in [2.24, 2.45) is 0 Å². The zero-order valence-corrected chi connectivity index (χ0v) is 8.73. The summed E-state index contributed by atoms with van der Waals surface area (Å²) in [6, 6.07) is 4.85. The first kappa shape index (κ1) is 11.1. The Morgan fingerprint density at radius 3 is 2.93 bits per heavy atom. The summed E-state index contributed by atoms with van der Waals surface area (Å²) in [4.78, 5) is 10.7. The van der Waals surface area contributed by atoms with Gasteiger partial charge in [0.15, 0.2) is 0 Å². The van der Waals surface area contributed by atoms with Crippen molar-refractivity contribution in [3.63, 3.8) is 0 Å². The lowest BCUT2D eigenvalue weighted by Gasteiger charge is -2.03. The van der Waals surface area contributed by atoms with E-state index in [0.717, 1.165) is 11.3 Å². The molecule has 0 saturated heterocycles. The van der Waals surface area contributed by atoms with Gasteiger partial charge in [0, 0.05) is 17.1 Å². The van der Waals surface area contributed by atoms with Crippen molar-refractivity contribution >= 4 is 35.7 Å². The van der Waals surface area contributed by atoms with Gasteiger partial charge in [-0.25, -0.2) is 4.79 Å². The van der Waals surface area contributed by atoms with Gasteiger partial charge in [-0.1, -0.05) is 11.6 Å². The Morgan fingerprint density at radius 2 is 2.29 bits per heavy atom. The minimum Gasteiger partial charge on any atom is -0.480 e. The lowest BCUT2D eigenvalue weighted by Crippen LogP contribution is -2.26. The van der Waals surface area contributed by atoms with Gasteiger partial charge >= 0.3 is 5.97 Å². The number of hydrogen-bond donors (Lipinski definition) is 2. The molecule has 1 aromatic carbocycles. The van der Waals surface area contributed by atoms with Crippen LogP contribution < -0.4 is 5.32 Å². The summed E-state index contributed by atoms with van der Waals surface area (Å²) in [5.74, 6) is -0.827. The summed E-state index contributed by atoms with van der Waals surface area (Å²) in [5.41, 5.74) is 1.84. The number of halogens is 2. The van der Waals surface area contributed by atoms with Crippen molar-refractivity contribution in [2.75, 3.05) is 5.32 Å². The lowest BCUT2D eigenvalue weighted by atomic mass is 10.1. The Balaban J connectivity index is 0.000000980. The number of carbonyl (C=O) groups is 1. The second-order valence-electron chi connectivity index (χ2n) is 3.04. The zero-order valence-electron chi connectivity index (χ0n) is 7.16. The van der Waals surface area contributed by atoms with Gasteiger partial charge < -0.3 is 10.4 Å². The molecule has 1 aromatic rings. The van der Waals surface area contributed by atoms with Gasteiger partial charge in [0.05, 0.1) is 0 Å². The van der Waals surface area contributed by atoms with Crippen molar-refractivity contribution in [2.45, 2.75) is 12.5 Å². The molecule has 14 heavy (non-hydrogen) atoms. The molecule has 0 spiro atoms. The number of hydrogen-bond acceptors (Lipinski definition) is 2.